The van der Waals surface area contributed by atoms with Crippen molar-refractivity contribution in [3.05, 3.63) is 107 Å². The van der Waals surface area contributed by atoms with Crippen molar-refractivity contribution in [2.45, 2.75) is 26.1 Å². The smallest absolute Gasteiger partial charge is 0.416 e. The van der Waals surface area contributed by atoms with Gasteiger partial charge in [0.25, 0.3) is 5.91 Å². The highest BCUT2D eigenvalue weighted by molar-refractivity contribution is 5.97. The molecule has 5 aromatic rings. The van der Waals surface area contributed by atoms with Crippen LogP contribution >= 0.6 is 0 Å². The average molecular weight is 588 g/mol. The molecule has 0 aliphatic heterocycles. The van der Waals surface area contributed by atoms with Crippen LogP contribution < -0.4 is 10.1 Å². The summed E-state index contributed by atoms with van der Waals surface area (Å²) in [5, 5.41) is 16.8. The third-order valence-electron chi connectivity index (χ3n) is 7.09. The van der Waals surface area contributed by atoms with E-state index in [4.69, 9.17) is 14.9 Å². The number of ether oxygens (including phenoxy) is 1. The first-order valence-electron chi connectivity index (χ1n) is 13.5. The van der Waals surface area contributed by atoms with Crippen molar-refractivity contribution >= 4 is 22.8 Å². The summed E-state index contributed by atoms with van der Waals surface area (Å²) in [6.45, 7) is 2.29. The largest absolute Gasteiger partial charge is 0.496 e. The fourth-order valence-electron chi connectivity index (χ4n) is 4.81. The van der Waals surface area contributed by atoms with Gasteiger partial charge >= 0.3 is 12.1 Å². The minimum absolute atomic E-state index is 0.0142. The quantitative estimate of drug-likeness (QED) is 0.195. The van der Waals surface area contributed by atoms with Crippen LogP contribution in [0.25, 0.3) is 33.3 Å². The Morgan fingerprint density at radius 2 is 1.63 bits per heavy atom. The molecule has 2 N–H and O–H groups in total. The van der Waals surface area contributed by atoms with Crippen molar-refractivity contribution in [1.82, 2.24) is 15.1 Å². The summed E-state index contributed by atoms with van der Waals surface area (Å²) < 4.78 is 48.2. The molecule has 220 valence electrons. The molecule has 0 aliphatic carbocycles. The van der Waals surface area contributed by atoms with E-state index in [0.29, 0.717) is 22.2 Å². The number of nitrogens with one attached hydrogen (secondary N) is 1. The molecule has 1 aromatic heterocycles. The van der Waals surface area contributed by atoms with E-state index >= 15 is 0 Å². The Balaban J connectivity index is 1.57. The lowest BCUT2D eigenvalue weighted by molar-refractivity contribution is -0.138. The van der Waals surface area contributed by atoms with E-state index in [-0.39, 0.29) is 36.7 Å². The Labute approximate surface area is 245 Å². The number of hydrogen-bond acceptors (Lipinski definition) is 4. The molecule has 10 heteroatoms. The molecule has 4 aromatic carbocycles. The van der Waals surface area contributed by atoms with Crippen LogP contribution in [0.2, 0.25) is 0 Å². The van der Waals surface area contributed by atoms with Crippen molar-refractivity contribution in [2.24, 2.45) is 0 Å². The van der Waals surface area contributed by atoms with Crippen LogP contribution in [0.1, 0.15) is 33.5 Å². The number of aromatic nitrogens is 2. The summed E-state index contributed by atoms with van der Waals surface area (Å²) in [7, 11) is 1.40. The lowest BCUT2D eigenvalue weighted by Crippen LogP contribution is -2.25. The highest BCUT2D eigenvalue weighted by Crippen LogP contribution is 2.40. The van der Waals surface area contributed by atoms with Gasteiger partial charge in [-0.2, -0.15) is 18.3 Å². The van der Waals surface area contributed by atoms with Gasteiger partial charge in [0.05, 0.1) is 31.2 Å². The number of nitrogens with zero attached hydrogens (tertiary/aromatic N) is 2. The normalized spacial score (nSPS) is 11.5. The first-order chi connectivity index (χ1) is 20.5. The number of alkyl halides is 3. The van der Waals surface area contributed by atoms with Gasteiger partial charge in [-0.25, -0.2) is 0 Å². The number of rotatable bonds is 9. The predicted octanol–water partition coefficient (Wildman–Crippen LogP) is 6.96. The zero-order valence-electron chi connectivity index (χ0n) is 23.4. The molecule has 0 atom stereocenters. The van der Waals surface area contributed by atoms with Gasteiger partial charge in [0.2, 0.25) is 0 Å². The molecule has 0 saturated carbocycles. The molecule has 0 saturated heterocycles. The van der Waals surface area contributed by atoms with Gasteiger partial charge < -0.3 is 15.2 Å². The number of carbonyl (C=O) groups is 2. The van der Waals surface area contributed by atoms with Gasteiger partial charge in [0.15, 0.2) is 0 Å². The highest BCUT2D eigenvalue weighted by atomic mass is 19.4. The minimum atomic E-state index is -4.54. The minimum Gasteiger partial charge on any atom is -0.496 e. The van der Waals surface area contributed by atoms with E-state index < -0.39 is 17.7 Å². The van der Waals surface area contributed by atoms with Crippen LogP contribution in [0.5, 0.6) is 5.75 Å². The van der Waals surface area contributed by atoms with Crippen LogP contribution in [0.4, 0.5) is 13.2 Å². The van der Waals surface area contributed by atoms with E-state index in [9.17, 15) is 22.8 Å². The number of benzene rings is 4. The van der Waals surface area contributed by atoms with E-state index in [1.54, 1.807) is 28.9 Å². The molecule has 0 aliphatic rings. The molecule has 0 unspecified atom stereocenters. The monoisotopic (exact) mass is 587 g/mol. The SMILES string of the molecule is COc1ccc(C(F)(F)F)cc1-c1nn(Cc2ccc(C(=O)NCCC(=O)O)cc2)c2cc(-c3ccc(C)cc3)ccc12. The van der Waals surface area contributed by atoms with Crippen molar-refractivity contribution in [2.75, 3.05) is 13.7 Å². The van der Waals surface area contributed by atoms with Crippen LogP contribution in [-0.2, 0) is 17.5 Å². The topological polar surface area (TPSA) is 93.5 Å². The Kier molecular flexibility index (Phi) is 8.20. The third-order valence-corrected chi connectivity index (χ3v) is 7.09. The summed E-state index contributed by atoms with van der Waals surface area (Å²) in [5.41, 5.74) is 4.67. The Bertz CT molecular complexity index is 1790. The maximum atomic E-state index is 13.7. The van der Waals surface area contributed by atoms with Crippen molar-refractivity contribution in [3.8, 4) is 28.1 Å². The second kappa shape index (κ2) is 12.0. The lowest BCUT2D eigenvalue weighted by Gasteiger charge is -2.12. The van der Waals surface area contributed by atoms with Gasteiger partial charge in [-0.05, 0) is 66.1 Å². The number of aliphatic carboxylic acids is 1. The summed E-state index contributed by atoms with van der Waals surface area (Å²) in [6.07, 6.45) is -4.72. The Morgan fingerprint density at radius 3 is 2.28 bits per heavy atom. The van der Waals surface area contributed by atoms with E-state index in [2.05, 4.69) is 5.32 Å². The van der Waals surface area contributed by atoms with Crippen LogP contribution in [0.15, 0.2) is 84.9 Å². The maximum absolute atomic E-state index is 13.7. The summed E-state index contributed by atoms with van der Waals surface area (Å²) in [5.74, 6) is -1.13. The number of carboxylic acids is 1. The molecule has 43 heavy (non-hydrogen) atoms. The average Bonchev–Trinajstić information content (AvgIpc) is 3.34. The Hall–Kier alpha value is -5.12. The molecule has 0 fully saturated rings. The molecule has 0 spiro atoms. The third kappa shape index (κ3) is 6.53. The first-order valence-corrected chi connectivity index (χ1v) is 13.5. The predicted molar refractivity (Wildman–Crippen MR) is 157 cm³/mol. The number of carboxylic acid groups (broad SMARTS) is 1. The van der Waals surface area contributed by atoms with Gasteiger partial charge in [-0.15, -0.1) is 0 Å². The van der Waals surface area contributed by atoms with Crippen LogP contribution in [0.3, 0.4) is 0 Å². The summed E-state index contributed by atoms with van der Waals surface area (Å²) in [4.78, 5) is 23.1. The molecule has 7 nitrogen and oxygen atoms in total. The number of halogens is 3. The number of methoxy groups -OCH3 is 1. The highest BCUT2D eigenvalue weighted by Gasteiger charge is 2.32. The molecule has 5 rings (SSSR count). The fraction of sp³-hybridized carbons (Fsp3) is 0.182. The Morgan fingerprint density at radius 1 is 0.930 bits per heavy atom. The van der Waals surface area contributed by atoms with Gasteiger partial charge in [0, 0.05) is 23.1 Å². The van der Waals surface area contributed by atoms with Crippen molar-refractivity contribution in [1.29, 1.82) is 0 Å². The standard InChI is InChI=1S/C33H28F3N3O4/c1-20-3-7-22(8-4-20)24-11-13-26-28(17-24)39(19-21-5-9-23(10-6-21)32(42)37-16-15-30(40)41)38-31(26)27-18-25(33(34,35)36)12-14-29(27)43-2/h3-14,17-18H,15-16,19H2,1-2H3,(H,37,42)(H,40,41). The maximum Gasteiger partial charge on any atom is 0.416 e. The van der Waals surface area contributed by atoms with Gasteiger partial charge in [0.1, 0.15) is 11.4 Å². The number of aryl methyl sites for hydroxylation is 1. The lowest BCUT2D eigenvalue weighted by atomic mass is 10.00. The number of fused-ring (bicyclic) bond motifs is 1. The van der Waals surface area contributed by atoms with E-state index in [1.165, 1.54) is 13.2 Å². The second-order valence-electron chi connectivity index (χ2n) is 10.1. The zero-order valence-corrected chi connectivity index (χ0v) is 23.4. The van der Waals surface area contributed by atoms with Gasteiger partial charge in [-0.1, -0.05) is 48.0 Å². The summed E-state index contributed by atoms with van der Waals surface area (Å²) in [6, 6.07) is 23.9. The van der Waals surface area contributed by atoms with Crippen molar-refractivity contribution < 1.29 is 32.6 Å². The van der Waals surface area contributed by atoms with Gasteiger partial charge in [-0.3, -0.25) is 14.3 Å². The molecular weight excluding hydrogens is 559 g/mol. The number of amides is 1. The van der Waals surface area contributed by atoms with Crippen molar-refractivity contribution in [3.63, 3.8) is 0 Å². The second-order valence-corrected chi connectivity index (χ2v) is 10.1. The molecule has 0 bridgehead atoms. The van der Waals surface area contributed by atoms with E-state index in [1.807, 2.05) is 49.4 Å². The van der Waals surface area contributed by atoms with Crippen LogP contribution in [0, 0.1) is 6.92 Å². The molecular formula is C33H28F3N3O4. The first kappa shape index (κ1) is 29.4. The molecule has 0 radical (unpaired) electrons. The molecule has 1 amide bonds. The fourth-order valence-corrected chi connectivity index (χ4v) is 4.81. The van der Waals surface area contributed by atoms with Crippen LogP contribution in [-0.4, -0.2) is 40.4 Å². The molecule has 1 heterocycles. The summed E-state index contributed by atoms with van der Waals surface area (Å²) >= 11 is 0. The van der Waals surface area contributed by atoms with E-state index in [0.717, 1.165) is 34.4 Å². The number of hydrogen-bond donors (Lipinski definition) is 2. The zero-order chi connectivity index (χ0) is 30.7. The number of carbonyl (C=O) groups excluding carboxylic acids is 1.